The lowest BCUT2D eigenvalue weighted by Gasteiger charge is -2.24. The van der Waals surface area contributed by atoms with Gasteiger partial charge in [-0.15, -0.1) is 0 Å². The van der Waals surface area contributed by atoms with Gasteiger partial charge in [0.05, 0.1) is 5.69 Å². The highest BCUT2D eigenvalue weighted by atomic mass is 35.5. The molecule has 0 unspecified atom stereocenters. The molecule has 4 aromatic rings. The minimum atomic E-state index is -1.14. The topological polar surface area (TPSA) is 97.5 Å². The Hall–Kier alpha value is -4.24. The van der Waals surface area contributed by atoms with Crippen LogP contribution in [0.5, 0.6) is 5.75 Å². The van der Waals surface area contributed by atoms with Crippen LogP contribution in [0.1, 0.15) is 43.4 Å². The Balaban J connectivity index is 1.55. The lowest BCUT2D eigenvalue weighted by atomic mass is 10.0. The Morgan fingerprint density at radius 2 is 1.97 bits per heavy atom. The molecule has 0 radical (unpaired) electrons. The van der Waals surface area contributed by atoms with Crippen LogP contribution in [0.3, 0.4) is 0 Å². The molecule has 3 heterocycles. The maximum absolute atomic E-state index is 13.9. The van der Waals surface area contributed by atoms with Crippen LogP contribution >= 0.6 is 11.6 Å². The van der Waals surface area contributed by atoms with Gasteiger partial charge < -0.3 is 14.7 Å². The van der Waals surface area contributed by atoms with E-state index in [1.54, 1.807) is 55.1 Å². The number of halogens is 2. The molecule has 2 aromatic carbocycles. The quantitative estimate of drug-likeness (QED) is 0.383. The third kappa shape index (κ3) is 4.77. The molecule has 0 fully saturated rings. The van der Waals surface area contributed by atoms with Gasteiger partial charge in [-0.05, 0) is 54.4 Å². The van der Waals surface area contributed by atoms with E-state index in [4.69, 9.17) is 16.3 Å². The zero-order valence-electron chi connectivity index (χ0n) is 20.0. The first-order valence-corrected chi connectivity index (χ1v) is 11.8. The van der Waals surface area contributed by atoms with E-state index in [-0.39, 0.29) is 37.0 Å². The standard InChI is InChI=1S/C27H22ClFN4O4/c1-15-17(6-8-22(30-15)27(35)36)13-33(12-16-4-3-5-19(29)10-16)26(34)24-21-14-37-23-9-7-18(28)11-20(23)25(21)32(2)31-24/h3-11H,12-14H2,1-2H3,(H,35,36). The summed E-state index contributed by atoms with van der Waals surface area (Å²) in [6.45, 7) is 2.05. The van der Waals surface area contributed by atoms with Gasteiger partial charge >= 0.3 is 5.97 Å². The number of hydrogen-bond acceptors (Lipinski definition) is 5. The first-order chi connectivity index (χ1) is 17.7. The normalized spacial score (nSPS) is 11.9. The zero-order valence-corrected chi connectivity index (χ0v) is 20.8. The predicted octanol–water partition coefficient (Wildman–Crippen LogP) is 5.02. The van der Waals surface area contributed by atoms with Crippen molar-refractivity contribution in [3.8, 4) is 17.0 Å². The molecule has 0 atom stereocenters. The van der Waals surface area contributed by atoms with E-state index in [2.05, 4.69) is 10.1 Å². The van der Waals surface area contributed by atoms with Crippen molar-refractivity contribution < 1.29 is 23.8 Å². The summed E-state index contributed by atoms with van der Waals surface area (Å²) in [6, 6.07) is 14.3. The minimum absolute atomic E-state index is 0.0856. The summed E-state index contributed by atoms with van der Waals surface area (Å²) < 4.78 is 21.5. The lowest BCUT2D eigenvalue weighted by Crippen LogP contribution is -2.32. The largest absolute Gasteiger partial charge is 0.488 e. The fourth-order valence-corrected chi connectivity index (χ4v) is 4.64. The molecule has 37 heavy (non-hydrogen) atoms. The highest BCUT2D eigenvalue weighted by Crippen LogP contribution is 2.40. The number of nitrogens with zero attached hydrogens (tertiary/aromatic N) is 4. The number of rotatable bonds is 6. The minimum Gasteiger partial charge on any atom is -0.488 e. The van der Waals surface area contributed by atoms with E-state index in [0.717, 1.165) is 11.3 Å². The monoisotopic (exact) mass is 520 g/mol. The number of carbonyl (C=O) groups excluding carboxylic acids is 1. The highest BCUT2D eigenvalue weighted by Gasteiger charge is 2.31. The van der Waals surface area contributed by atoms with Gasteiger partial charge in [0.25, 0.3) is 5.91 Å². The van der Waals surface area contributed by atoms with Crippen LogP contribution in [0.25, 0.3) is 11.3 Å². The molecule has 10 heteroatoms. The highest BCUT2D eigenvalue weighted by molar-refractivity contribution is 6.31. The third-order valence-electron chi connectivity index (χ3n) is 6.24. The molecule has 0 aliphatic carbocycles. The van der Waals surface area contributed by atoms with Crippen molar-refractivity contribution >= 4 is 23.5 Å². The molecule has 2 aromatic heterocycles. The van der Waals surface area contributed by atoms with E-state index >= 15 is 0 Å². The van der Waals surface area contributed by atoms with Crippen LogP contribution in [0.15, 0.2) is 54.6 Å². The van der Waals surface area contributed by atoms with Crippen LogP contribution in [0.4, 0.5) is 4.39 Å². The third-order valence-corrected chi connectivity index (χ3v) is 6.48. The first-order valence-electron chi connectivity index (χ1n) is 11.4. The number of benzene rings is 2. The lowest BCUT2D eigenvalue weighted by molar-refractivity contribution is 0.0685. The van der Waals surface area contributed by atoms with Gasteiger partial charge in [0.2, 0.25) is 0 Å². The molecule has 1 N–H and O–H groups in total. The smallest absolute Gasteiger partial charge is 0.354 e. The second-order valence-corrected chi connectivity index (χ2v) is 9.20. The number of aromatic carboxylic acids is 1. The zero-order chi connectivity index (χ0) is 26.3. The van der Waals surface area contributed by atoms with Crippen molar-refractivity contribution in [2.45, 2.75) is 26.6 Å². The van der Waals surface area contributed by atoms with Gasteiger partial charge in [0.1, 0.15) is 23.9 Å². The fourth-order valence-electron chi connectivity index (χ4n) is 4.46. The molecular weight excluding hydrogens is 499 g/mol. The maximum atomic E-state index is 13.9. The Bertz CT molecular complexity index is 1550. The average Bonchev–Trinajstić information content (AvgIpc) is 3.21. The Labute approximate surface area is 216 Å². The summed E-state index contributed by atoms with van der Waals surface area (Å²) in [5.74, 6) is -1.28. The number of amides is 1. The van der Waals surface area contributed by atoms with Gasteiger partial charge in [0, 0.05) is 42.0 Å². The molecule has 5 rings (SSSR count). The molecule has 8 nitrogen and oxygen atoms in total. The molecule has 0 spiro atoms. The Morgan fingerprint density at radius 1 is 1.16 bits per heavy atom. The summed E-state index contributed by atoms with van der Waals surface area (Å²) in [7, 11) is 1.75. The van der Waals surface area contributed by atoms with Crippen molar-refractivity contribution in [3.63, 3.8) is 0 Å². The predicted molar refractivity (Wildman–Crippen MR) is 134 cm³/mol. The number of ether oxygens (including phenoxy) is 1. The van der Waals surface area contributed by atoms with E-state index in [0.29, 0.717) is 33.2 Å². The second-order valence-electron chi connectivity index (χ2n) is 8.77. The summed E-state index contributed by atoms with van der Waals surface area (Å²) in [5.41, 5.74) is 3.97. The first kappa shape index (κ1) is 24.5. The maximum Gasteiger partial charge on any atom is 0.354 e. The summed E-state index contributed by atoms with van der Waals surface area (Å²) >= 11 is 6.22. The SMILES string of the molecule is Cc1nc(C(=O)O)ccc1CN(Cc1cccc(F)c1)C(=O)c1nn(C)c2c1COc1ccc(Cl)cc1-2. The fraction of sp³-hybridized carbons (Fsp3) is 0.185. The van der Waals surface area contributed by atoms with E-state index in [9.17, 15) is 19.1 Å². The molecule has 0 saturated carbocycles. The molecule has 0 bridgehead atoms. The number of pyridine rings is 1. The number of hydrogen-bond donors (Lipinski definition) is 1. The summed E-state index contributed by atoms with van der Waals surface area (Å²) in [5, 5.41) is 14.3. The summed E-state index contributed by atoms with van der Waals surface area (Å²) in [6.07, 6.45) is 0. The van der Waals surface area contributed by atoms with Gasteiger partial charge in [-0.1, -0.05) is 29.8 Å². The van der Waals surface area contributed by atoms with Gasteiger partial charge in [0.15, 0.2) is 5.69 Å². The number of aryl methyl sites for hydroxylation is 2. The van der Waals surface area contributed by atoms with E-state index in [1.807, 2.05) is 0 Å². The van der Waals surface area contributed by atoms with Crippen molar-refractivity contribution in [1.82, 2.24) is 19.7 Å². The second kappa shape index (κ2) is 9.67. The molecule has 1 aliphatic heterocycles. The van der Waals surface area contributed by atoms with E-state index in [1.165, 1.54) is 23.1 Å². The number of carboxylic acid groups (broad SMARTS) is 1. The Morgan fingerprint density at radius 3 is 2.70 bits per heavy atom. The van der Waals surface area contributed by atoms with Gasteiger partial charge in [-0.2, -0.15) is 5.10 Å². The Kier molecular flexibility index (Phi) is 6.39. The van der Waals surface area contributed by atoms with Crippen LogP contribution in [-0.2, 0) is 26.7 Å². The van der Waals surface area contributed by atoms with Crippen LogP contribution in [0, 0.1) is 12.7 Å². The molecular formula is C27H22ClFN4O4. The number of carboxylic acids is 1. The number of aromatic nitrogens is 3. The average molecular weight is 521 g/mol. The van der Waals surface area contributed by atoms with Gasteiger partial charge in [-0.25, -0.2) is 14.2 Å². The van der Waals surface area contributed by atoms with Crippen molar-refractivity contribution in [2.24, 2.45) is 7.05 Å². The van der Waals surface area contributed by atoms with Crippen molar-refractivity contribution in [3.05, 3.63) is 99.2 Å². The van der Waals surface area contributed by atoms with Crippen LogP contribution in [-0.4, -0.2) is 36.6 Å². The van der Waals surface area contributed by atoms with Crippen LogP contribution < -0.4 is 4.74 Å². The molecule has 0 saturated heterocycles. The van der Waals surface area contributed by atoms with Gasteiger partial charge in [-0.3, -0.25) is 9.48 Å². The molecule has 1 amide bonds. The molecule has 188 valence electrons. The van der Waals surface area contributed by atoms with Crippen LogP contribution in [0.2, 0.25) is 5.02 Å². The van der Waals surface area contributed by atoms with Crippen molar-refractivity contribution in [1.29, 1.82) is 0 Å². The number of carbonyl (C=O) groups is 2. The molecule has 1 aliphatic rings. The van der Waals surface area contributed by atoms with E-state index < -0.39 is 11.8 Å². The summed E-state index contributed by atoms with van der Waals surface area (Å²) in [4.78, 5) is 30.9. The number of fused-ring (bicyclic) bond motifs is 3. The van der Waals surface area contributed by atoms with Crippen molar-refractivity contribution in [2.75, 3.05) is 0 Å².